The molecule has 1 unspecified atom stereocenters. The molecule has 12 heteroatoms. The van der Waals surface area contributed by atoms with E-state index in [9.17, 15) is 29.1 Å². The molecule has 11 nitrogen and oxygen atoms in total. The van der Waals surface area contributed by atoms with Crippen molar-refractivity contribution in [3.05, 3.63) is 62.3 Å². The molecule has 0 radical (unpaired) electrons. The molecule has 3 heterocycles. The van der Waals surface area contributed by atoms with Crippen LogP contribution in [-0.2, 0) is 27.4 Å². The van der Waals surface area contributed by atoms with E-state index in [2.05, 4.69) is 10.6 Å². The van der Waals surface area contributed by atoms with E-state index in [1.165, 1.54) is 0 Å². The van der Waals surface area contributed by atoms with Crippen molar-refractivity contribution in [1.82, 2.24) is 5.32 Å². The van der Waals surface area contributed by atoms with Crippen LogP contribution in [0.25, 0.3) is 11.0 Å². The molecule has 33 heavy (non-hydrogen) atoms. The van der Waals surface area contributed by atoms with E-state index in [1.807, 2.05) is 0 Å². The number of carboxylic acid groups (broad SMARTS) is 2. The third kappa shape index (κ3) is 4.33. The minimum Gasteiger partial charge on any atom is -0.478 e. The second-order valence-electron chi connectivity index (χ2n) is 7.09. The van der Waals surface area contributed by atoms with Gasteiger partial charge < -0.3 is 30.0 Å². The maximum atomic E-state index is 12.6. The molecule has 1 aliphatic heterocycles. The minimum atomic E-state index is -1.74. The number of carboxylic acids is 2. The molecule has 1 atom stereocenters. The second kappa shape index (κ2) is 8.84. The van der Waals surface area contributed by atoms with E-state index in [1.54, 1.807) is 24.3 Å². The van der Waals surface area contributed by atoms with Crippen molar-refractivity contribution >= 4 is 51.1 Å². The standard InChI is InChI=1S/C21H16N2O9S/c24-16-10-3-1-2-4-13(10)32-7-12(16)17(25)22-6-9-5-11-14(8-31-9)33-19(15(11)20(27)28)23-18(26)21(29)30/h1-4,7,9H,5-6,8H2,(H,22,25)(H,23,26)(H,27,28)(H,29,30). The zero-order valence-corrected chi connectivity index (χ0v) is 17.6. The molecule has 0 spiro atoms. The van der Waals surface area contributed by atoms with E-state index < -0.39 is 35.3 Å². The molecule has 0 bridgehead atoms. The minimum absolute atomic E-state index is 0.0157. The van der Waals surface area contributed by atoms with E-state index in [4.69, 9.17) is 14.3 Å². The third-order valence-electron chi connectivity index (χ3n) is 5.02. The van der Waals surface area contributed by atoms with Gasteiger partial charge in [0.05, 0.1) is 23.7 Å². The SMILES string of the molecule is O=C(O)C(=O)Nc1sc2c(c1C(=O)O)CC(CNC(=O)c1coc3ccccc3c1=O)OC2. The number of aromatic carboxylic acids is 1. The summed E-state index contributed by atoms with van der Waals surface area (Å²) in [6.07, 6.45) is 0.575. The van der Waals surface area contributed by atoms with Gasteiger partial charge in [0.1, 0.15) is 22.4 Å². The lowest BCUT2D eigenvalue weighted by Crippen LogP contribution is -2.38. The summed E-state index contributed by atoms with van der Waals surface area (Å²) >= 11 is 0.920. The van der Waals surface area contributed by atoms with Crippen molar-refractivity contribution in [2.45, 2.75) is 19.1 Å². The maximum absolute atomic E-state index is 12.6. The number of para-hydroxylation sites is 1. The van der Waals surface area contributed by atoms with Crippen molar-refractivity contribution in [3.8, 4) is 0 Å². The van der Waals surface area contributed by atoms with E-state index in [0.29, 0.717) is 16.0 Å². The van der Waals surface area contributed by atoms with Crippen LogP contribution < -0.4 is 16.1 Å². The Morgan fingerprint density at radius 1 is 1.15 bits per heavy atom. The highest BCUT2D eigenvalue weighted by Crippen LogP contribution is 2.37. The predicted octanol–water partition coefficient (Wildman–Crippen LogP) is 1.45. The Hall–Kier alpha value is -4.03. The summed E-state index contributed by atoms with van der Waals surface area (Å²) < 4.78 is 11.0. The van der Waals surface area contributed by atoms with E-state index in [0.717, 1.165) is 17.6 Å². The van der Waals surface area contributed by atoms with Crippen molar-refractivity contribution < 1.29 is 38.5 Å². The number of rotatable bonds is 5. The molecular formula is C21H16N2O9S. The monoisotopic (exact) mass is 472 g/mol. The molecule has 0 aliphatic carbocycles. The lowest BCUT2D eigenvalue weighted by molar-refractivity contribution is -0.147. The molecule has 0 saturated heterocycles. The summed E-state index contributed by atoms with van der Waals surface area (Å²) in [5.41, 5.74) is -0.119. The van der Waals surface area contributed by atoms with Crippen LogP contribution in [0.15, 0.2) is 39.7 Å². The van der Waals surface area contributed by atoms with Crippen LogP contribution in [0.1, 0.15) is 31.2 Å². The molecular weight excluding hydrogens is 456 g/mol. The molecule has 0 saturated carbocycles. The fraction of sp³-hybridized carbons (Fsp3) is 0.190. The summed E-state index contributed by atoms with van der Waals surface area (Å²) in [4.78, 5) is 59.7. The molecule has 2 aromatic heterocycles. The largest absolute Gasteiger partial charge is 0.478 e. The van der Waals surface area contributed by atoms with E-state index in [-0.39, 0.29) is 41.1 Å². The number of nitrogens with one attached hydrogen (secondary N) is 2. The first kappa shape index (κ1) is 22.2. The molecule has 4 rings (SSSR count). The van der Waals surface area contributed by atoms with Crippen molar-refractivity contribution in [3.63, 3.8) is 0 Å². The molecule has 170 valence electrons. The number of thiophene rings is 1. The fourth-order valence-corrected chi connectivity index (χ4v) is 4.60. The topological polar surface area (TPSA) is 172 Å². The quantitative estimate of drug-likeness (QED) is 0.401. The van der Waals surface area contributed by atoms with E-state index >= 15 is 0 Å². The lowest BCUT2D eigenvalue weighted by Gasteiger charge is -2.23. The Morgan fingerprint density at radius 3 is 2.64 bits per heavy atom. The van der Waals surface area contributed by atoms with Crippen LogP contribution in [0.3, 0.4) is 0 Å². The van der Waals surface area contributed by atoms with Gasteiger partial charge in [0.25, 0.3) is 5.91 Å². The number of amides is 2. The highest BCUT2D eigenvalue weighted by atomic mass is 32.1. The Bertz CT molecular complexity index is 1360. The Balaban J connectivity index is 1.49. The molecule has 3 aromatic rings. The van der Waals surface area contributed by atoms with Crippen molar-refractivity contribution in [2.24, 2.45) is 0 Å². The van der Waals surface area contributed by atoms with Crippen LogP contribution in [-0.4, -0.2) is 46.6 Å². The average Bonchev–Trinajstić information content (AvgIpc) is 3.15. The molecule has 0 fully saturated rings. The normalized spacial score (nSPS) is 15.0. The Morgan fingerprint density at radius 2 is 1.91 bits per heavy atom. The fourth-order valence-electron chi connectivity index (χ4n) is 3.46. The molecule has 2 amide bonds. The van der Waals surface area contributed by atoms with Gasteiger partial charge in [-0.1, -0.05) is 12.1 Å². The van der Waals surface area contributed by atoms with Crippen LogP contribution >= 0.6 is 11.3 Å². The third-order valence-corrected chi connectivity index (χ3v) is 6.14. The predicted molar refractivity (Wildman–Crippen MR) is 115 cm³/mol. The van der Waals surface area contributed by atoms with Crippen molar-refractivity contribution in [1.29, 1.82) is 0 Å². The highest BCUT2D eigenvalue weighted by molar-refractivity contribution is 7.17. The van der Waals surface area contributed by atoms with Crippen LogP contribution in [0.2, 0.25) is 0 Å². The number of ether oxygens (including phenoxy) is 1. The number of hydrogen-bond acceptors (Lipinski definition) is 8. The first-order valence-corrected chi connectivity index (χ1v) is 10.4. The van der Waals surface area contributed by atoms with Gasteiger partial charge in [0.2, 0.25) is 5.43 Å². The van der Waals surface area contributed by atoms with Gasteiger partial charge >= 0.3 is 17.8 Å². The van der Waals surface area contributed by atoms with Gasteiger partial charge in [0.15, 0.2) is 0 Å². The highest BCUT2D eigenvalue weighted by Gasteiger charge is 2.31. The van der Waals surface area contributed by atoms with Crippen LogP contribution in [0.5, 0.6) is 0 Å². The first-order chi connectivity index (χ1) is 15.8. The van der Waals surface area contributed by atoms with Gasteiger partial charge in [-0.25, -0.2) is 9.59 Å². The zero-order chi connectivity index (χ0) is 23.7. The maximum Gasteiger partial charge on any atom is 0.394 e. The lowest BCUT2D eigenvalue weighted by atomic mass is 10.0. The number of benzene rings is 1. The Kier molecular flexibility index (Phi) is 5.94. The van der Waals surface area contributed by atoms with Crippen LogP contribution in [0, 0.1) is 0 Å². The Labute approximate surface area is 188 Å². The van der Waals surface area contributed by atoms with Gasteiger partial charge in [-0.3, -0.25) is 14.4 Å². The number of carbonyl (C=O) groups is 4. The summed E-state index contributed by atoms with van der Waals surface area (Å²) in [7, 11) is 0. The van der Waals surface area contributed by atoms with Crippen molar-refractivity contribution in [2.75, 3.05) is 11.9 Å². The van der Waals surface area contributed by atoms with Gasteiger partial charge in [-0.15, -0.1) is 11.3 Å². The number of carbonyl (C=O) groups excluding carboxylic acids is 2. The smallest absolute Gasteiger partial charge is 0.394 e. The van der Waals surface area contributed by atoms with Gasteiger partial charge in [-0.05, 0) is 17.7 Å². The summed E-state index contributed by atoms with van der Waals surface area (Å²) in [5, 5.41) is 23.2. The number of fused-ring (bicyclic) bond motifs is 2. The van der Waals surface area contributed by atoms with Gasteiger partial charge in [-0.2, -0.15) is 0 Å². The average molecular weight is 472 g/mol. The molecule has 1 aliphatic rings. The second-order valence-corrected chi connectivity index (χ2v) is 8.20. The first-order valence-electron chi connectivity index (χ1n) is 9.58. The molecule has 4 N–H and O–H groups in total. The molecule has 1 aromatic carbocycles. The van der Waals surface area contributed by atoms with Crippen LogP contribution in [0.4, 0.5) is 5.00 Å². The van der Waals surface area contributed by atoms with Gasteiger partial charge in [0, 0.05) is 17.8 Å². The number of anilines is 1. The number of aliphatic carboxylic acids is 1. The summed E-state index contributed by atoms with van der Waals surface area (Å²) in [6, 6.07) is 6.52. The summed E-state index contributed by atoms with van der Waals surface area (Å²) in [5.74, 6) is -5.09. The number of hydrogen-bond donors (Lipinski definition) is 4. The summed E-state index contributed by atoms with van der Waals surface area (Å²) in [6.45, 7) is -0.00185. The zero-order valence-electron chi connectivity index (χ0n) is 16.7.